The number of anilines is 1. The van der Waals surface area contributed by atoms with Crippen molar-refractivity contribution >= 4 is 35.6 Å². The smallest absolute Gasteiger partial charge is 0.193 e. The zero-order chi connectivity index (χ0) is 16.7. The number of aliphatic imine (C=N–C) groups is 1. The van der Waals surface area contributed by atoms with E-state index in [1.807, 2.05) is 25.1 Å². The number of hydrogen-bond acceptors (Lipinski definition) is 2. The lowest BCUT2D eigenvalue weighted by Crippen LogP contribution is -2.23. The number of guanidine groups is 1. The molecular formula is C19H26IN3O. The Morgan fingerprint density at radius 2 is 1.79 bits per heavy atom. The molecule has 130 valence electrons. The molecule has 0 heterocycles. The minimum atomic E-state index is 0. The standard InChI is InChI=1S/C19H25N3O.HI/c1-4-23-18-8-6-5-7-16(18)9-10-21-19(20)22-17-12-14(2)11-15(3)13-17;/h5-8,11-13H,4,9-10H2,1-3H3,(H3,20,21,22);1H. The van der Waals surface area contributed by atoms with E-state index in [2.05, 4.69) is 48.4 Å². The minimum Gasteiger partial charge on any atom is -0.494 e. The van der Waals surface area contributed by atoms with Gasteiger partial charge in [-0.25, -0.2) is 0 Å². The lowest BCUT2D eigenvalue weighted by atomic mass is 10.1. The highest BCUT2D eigenvalue weighted by atomic mass is 127. The van der Waals surface area contributed by atoms with Crippen molar-refractivity contribution in [2.75, 3.05) is 18.5 Å². The van der Waals surface area contributed by atoms with Crippen molar-refractivity contribution in [3.63, 3.8) is 0 Å². The van der Waals surface area contributed by atoms with Crippen LogP contribution in [0.2, 0.25) is 0 Å². The molecule has 0 aliphatic rings. The van der Waals surface area contributed by atoms with Crippen molar-refractivity contribution < 1.29 is 4.74 Å². The second-order valence-electron chi connectivity index (χ2n) is 5.56. The van der Waals surface area contributed by atoms with Crippen LogP contribution in [0, 0.1) is 13.8 Å². The van der Waals surface area contributed by atoms with Gasteiger partial charge in [0.2, 0.25) is 0 Å². The van der Waals surface area contributed by atoms with Gasteiger partial charge in [0.05, 0.1) is 6.61 Å². The van der Waals surface area contributed by atoms with Crippen molar-refractivity contribution in [2.45, 2.75) is 27.2 Å². The molecule has 24 heavy (non-hydrogen) atoms. The van der Waals surface area contributed by atoms with Gasteiger partial charge in [-0.05, 0) is 62.1 Å². The lowest BCUT2D eigenvalue weighted by molar-refractivity contribution is 0.336. The second kappa shape index (κ2) is 10.2. The van der Waals surface area contributed by atoms with E-state index < -0.39 is 0 Å². The zero-order valence-electron chi connectivity index (χ0n) is 14.5. The van der Waals surface area contributed by atoms with Gasteiger partial charge in [-0.1, -0.05) is 24.3 Å². The number of benzene rings is 2. The van der Waals surface area contributed by atoms with Crippen LogP contribution in [0.5, 0.6) is 5.75 Å². The van der Waals surface area contributed by atoms with Crippen LogP contribution in [0.1, 0.15) is 23.6 Å². The van der Waals surface area contributed by atoms with Crippen molar-refractivity contribution in [1.82, 2.24) is 0 Å². The van der Waals surface area contributed by atoms with E-state index in [0.717, 1.165) is 23.4 Å². The van der Waals surface area contributed by atoms with Crippen LogP contribution in [0.3, 0.4) is 0 Å². The molecule has 0 radical (unpaired) electrons. The molecule has 0 bridgehead atoms. The highest BCUT2D eigenvalue weighted by molar-refractivity contribution is 14.0. The van der Waals surface area contributed by atoms with E-state index in [4.69, 9.17) is 10.5 Å². The molecule has 5 heteroatoms. The van der Waals surface area contributed by atoms with E-state index >= 15 is 0 Å². The van der Waals surface area contributed by atoms with Crippen LogP contribution in [-0.2, 0) is 6.42 Å². The number of nitrogens with two attached hydrogens (primary N) is 1. The molecule has 0 aromatic heterocycles. The number of nitrogens with one attached hydrogen (secondary N) is 1. The summed E-state index contributed by atoms with van der Waals surface area (Å²) < 4.78 is 5.62. The summed E-state index contributed by atoms with van der Waals surface area (Å²) in [6.07, 6.45) is 0.797. The summed E-state index contributed by atoms with van der Waals surface area (Å²) in [7, 11) is 0. The molecule has 0 saturated heterocycles. The summed E-state index contributed by atoms with van der Waals surface area (Å²) in [6.45, 7) is 7.40. The number of ether oxygens (including phenoxy) is 1. The molecule has 0 aliphatic carbocycles. The Morgan fingerprint density at radius 1 is 1.12 bits per heavy atom. The largest absolute Gasteiger partial charge is 0.494 e. The monoisotopic (exact) mass is 439 g/mol. The quantitative estimate of drug-likeness (QED) is 0.401. The summed E-state index contributed by atoms with van der Waals surface area (Å²) in [5.74, 6) is 1.36. The van der Waals surface area contributed by atoms with Gasteiger partial charge < -0.3 is 15.8 Å². The molecule has 3 N–H and O–H groups in total. The van der Waals surface area contributed by atoms with Crippen LogP contribution in [-0.4, -0.2) is 19.1 Å². The van der Waals surface area contributed by atoms with Crippen LogP contribution in [0.25, 0.3) is 0 Å². The van der Waals surface area contributed by atoms with Gasteiger partial charge in [-0.3, -0.25) is 4.99 Å². The molecule has 0 aliphatic heterocycles. The molecule has 0 fully saturated rings. The Morgan fingerprint density at radius 3 is 2.46 bits per heavy atom. The topological polar surface area (TPSA) is 59.6 Å². The van der Waals surface area contributed by atoms with Gasteiger partial charge in [0.25, 0.3) is 0 Å². The predicted octanol–water partition coefficient (Wildman–Crippen LogP) is 4.29. The zero-order valence-corrected chi connectivity index (χ0v) is 16.8. The normalized spacial score (nSPS) is 10.9. The van der Waals surface area contributed by atoms with Crippen LogP contribution in [0.15, 0.2) is 47.5 Å². The van der Waals surface area contributed by atoms with Gasteiger partial charge in [-0.15, -0.1) is 24.0 Å². The fourth-order valence-electron chi connectivity index (χ4n) is 2.54. The second-order valence-corrected chi connectivity index (χ2v) is 5.56. The van der Waals surface area contributed by atoms with Crippen molar-refractivity contribution in [3.8, 4) is 5.75 Å². The first-order chi connectivity index (χ1) is 11.1. The van der Waals surface area contributed by atoms with Gasteiger partial charge >= 0.3 is 0 Å². The summed E-state index contributed by atoms with van der Waals surface area (Å²) in [4.78, 5) is 4.40. The van der Waals surface area contributed by atoms with Gasteiger partial charge in [-0.2, -0.15) is 0 Å². The number of nitrogens with zero attached hydrogens (tertiary/aromatic N) is 1. The van der Waals surface area contributed by atoms with Gasteiger partial charge in [0.15, 0.2) is 5.96 Å². The van der Waals surface area contributed by atoms with Gasteiger partial charge in [0, 0.05) is 12.2 Å². The average molecular weight is 439 g/mol. The third-order valence-corrected chi connectivity index (χ3v) is 3.43. The maximum absolute atomic E-state index is 5.97. The van der Waals surface area contributed by atoms with E-state index in [9.17, 15) is 0 Å². The number of para-hydroxylation sites is 1. The molecule has 4 nitrogen and oxygen atoms in total. The molecule has 0 unspecified atom stereocenters. The highest BCUT2D eigenvalue weighted by Crippen LogP contribution is 2.18. The molecule has 0 atom stereocenters. The third-order valence-electron chi connectivity index (χ3n) is 3.43. The molecule has 2 aromatic rings. The van der Waals surface area contributed by atoms with Crippen molar-refractivity contribution in [1.29, 1.82) is 0 Å². The van der Waals surface area contributed by atoms with Crippen molar-refractivity contribution in [3.05, 3.63) is 59.2 Å². The SMILES string of the molecule is CCOc1ccccc1CCN=C(N)Nc1cc(C)cc(C)c1.I. The third kappa shape index (κ3) is 6.39. The fourth-order valence-corrected chi connectivity index (χ4v) is 2.54. The Hall–Kier alpha value is -1.76. The minimum absolute atomic E-state index is 0. The van der Waals surface area contributed by atoms with E-state index in [1.54, 1.807) is 0 Å². The van der Waals surface area contributed by atoms with E-state index in [-0.39, 0.29) is 24.0 Å². The van der Waals surface area contributed by atoms with E-state index in [0.29, 0.717) is 19.1 Å². The van der Waals surface area contributed by atoms with Crippen LogP contribution >= 0.6 is 24.0 Å². The Bertz CT molecular complexity index is 666. The van der Waals surface area contributed by atoms with Crippen molar-refractivity contribution in [2.24, 2.45) is 10.7 Å². The number of halogens is 1. The lowest BCUT2D eigenvalue weighted by Gasteiger charge is -2.10. The predicted molar refractivity (Wildman–Crippen MR) is 113 cm³/mol. The summed E-state index contributed by atoms with van der Waals surface area (Å²) in [6, 6.07) is 14.3. The number of aryl methyl sites for hydroxylation is 2. The summed E-state index contributed by atoms with van der Waals surface area (Å²) in [5, 5.41) is 3.15. The Kier molecular flexibility index (Phi) is 8.60. The first-order valence-corrected chi connectivity index (χ1v) is 7.94. The molecule has 0 saturated carbocycles. The Balaban J connectivity index is 0.00000288. The summed E-state index contributed by atoms with van der Waals surface area (Å²) >= 11 is 0. The average Bonchev–Trinajstić information content (AvgIpc) is 2.48. The first kappa shape index (κ1) is 20.3. The van der Waals surface area contributed by atoms with E-state index in [1.165, 1.54) is 11.1 Å². The van der Waals surface area contributed by atoms with Crippen LogP contribution in [0.4, 0.5) is 5.69 Å². The maximum Gasteiger partial charge on any atom is 0.193 e. The van der Waals surface area contributed by atoms with Crippen LogP contribution < -0.4 is 15.8 Å². The first-order valence-electron chi connectivity index (χ1n) is 7.94. The molecule has 2 aromatic carbocycles. The molecule has 2 rings (SSSR count). The highest BCUT2D eigenvalue weighted by Gasteiger charge is 2.02. The molecular weight excluding hydrogens is 413 g/mol. The number of hydrogen-bond donors (Lipinski definition) is 2. The summed E-state index contributed by atoms with van der Waals surface area (Å²) in [5.41, 5.74) is 10.5. The van der Waals surface area contributed by atoms with Gasteiger partial charge in [0.1, 0.15) is 5.75 Å². The fraction of sp³-hybridized carbons (Fsp3) is 0.316. The number of rotatable bonds is 6. The molecule has 0 amide bonds. The Labute approximate surface area is 161 Å². The molecule has 0 spiro atoms. The maximum atomic E-state index is 5.97.